The zero-order valence-corrected chi connectivity index (χ0v) is 18.6. The van der Waals surface area contributed by atoms with Crippen molar-refractivity contribution < 1.29 is 41.7 Å². The summed E-state index contributed by atoms with van der Waals surface area (Å²) in [5.74, 6) is -6.15. The van der Waals surface area contributed by atoms with Gasteiger partial charge in [0.15, 0.2) is 0 Å². The average Bonchev–Trinajstić information content (AvgIpc) is 3.14. The SMILES string of the molecule is CC.N#C/C(C(=O)Nc1ccccc1C(N)=O)=C1/C(=O)Nc2cc(OC(F)F)c(C(=O)N(F)F)cc21. The van der Waals surface area contributed by atoms with Gasteiger partial charge in [0.25, 0.3) is 17.7 Å². The fourth-order valence-corrected chi connectivity index (χ4v) is 3.11. The van der Waals surface area contributed by atoms with Gasteiger partial charge in [-0.2, -0.15) is 14.0 Å². The number of nitrogens with zero attached hydrogens (tertiary/aromatic N) is 2. The highest BCUT2D eigenvalue weighted by Crippen LogP contribution is 2.39. The van der Waals surface area contributed by atoms with Gasteiger partial charge in [-0.25, -0.2) is 0 Å². The van der Waals surface area contributed by atoms with Gasteiger partial charge in [0.2, 0.25) is 0 Å². The molecule has 0 aromatic heterocycles. The van der Waals surface area contributed by atoms with Crippen molar-refractivity contribution in [1.82, 2.24) is 5.34 Å². The summed E-state index contributed by atoms with van der Waals surface area (Å²) in [6.07, 6.45) is 0. The van der Waals surface area contributed by atoms with Crippen LogP contribution in [0, 0.1) is 11.3 Å². The first kappa shape index (κ1) is 27.3. The molecule has 4 amide bonds. The molecular weight excluding hydrogens is 490 g/mol. The van der Waals surface area contributed by atoms with Gasteiger partial charge in [0, 0.05) is 17.0 Å². The number of nitrogens with one attached hydrogen (secondary N) is 2. The van der Waals surface area contributed by atoms with Crippen molar-refractivity contribution in [2.24, 2.45) is 5.73 Å². The van der Waals surface area contributed by atoms with Crippen molar-refractivity contribution in [1.29, 1.82) is 5.26 Å². The molecule has 2 aromatic carbocycles. The van der Waals surface area contributed by atoms with Crippen LogP contribution in [0.2, 0.25) is 0 Å². The third-order valence-electron chi connectivity index (χ3n) is 4.49. The molecule has 0 bridgehead atoms. The number of halogens is 4. The minimum Gasteiger partial charge on any atom is -0.434 e. The fraction of sp³-hybridized carbons (Fsp3) is 0.136. The maximum Gasteiger partial charge on any atom is 0.387 e. The topological polar surface area (TPSA) is 155 Å². The lowest BCUT2D eigenvalue weighted by Gasteiger charge is -2.12. The summed E-state index contributed by atoms with van der Waals surface area (Å²) >= 11 is 0. The van der Waals surface area contributed by atoms with Gasteiger partial charge in [0.1, 0.15) is 17.4 Å². The quantitative estimate of drug-likeness (QED) is 0.235. The van der Waals surface area contributed by atoms with E-state index in [-0.39, 0.29) is 22.5 Å². The largest absolute Gasteiger partial charge is 0.434 e. The number of anilines is 2. The second-order valence-electron chi connectivity index (χ2n) is 6.49. The fourth-order valence-electron chi connectivity index (χ4n) is 3.11. The zero-order valence-electron chi connectivity index (χ0n) is 18.6. The number of nitriles is 1. The minimum atomic E-state index is -3.49. The average molecular weight is 507 g/mol. The second-order valence-corrected chi connectivity index (χ2v) is 6.49. The van der Waals surface area contributed by atoms with Crippen molar-refractivity contribution >= 4 is 40.6 Å². The smallest absolute Gasteiger partial charge is 0.387 e. The monoisotopic (exact) mass is 507 g/mol. The summed E-state index contributed by atoms with van der Waals surface area (Å²) < 4.78 is 55.2. The highest BCUT2D eigenvalue weighted by molar-refractivity contribution is 6.37. The summed E-state index contributed by atoms with van der Waals surface area (Å²) in [5.41, 5.74) is 1.86. The summed E-state index contributed by atoms with van der Waals surface area (Å²) in [6.45, 7) is 0.509. The van der Waals surface area contributed by atoms with E-state index in [0.29, 0.717) is 12.1 Å². The molecule has 14 heteroatoms. The number of carbonyl (C=O) groups excluding carboxylic acids is 4. The molecule has 1 heterocycles. The number of para-hydroxylation sites is 1. The van der Waals surface area contributed by atoms with Crippen molar-refractivity contribution in [3.8, 4) is 11.8 Å². The molecule has 0 saturated heterocycles. The number of primary amides is 1. The molecule has 1 aliphatic rings. The number of rotatable bonds is 6. The molecule has 0 saturated carbocycles. The molecule has 3 rings (SSSR count). The Morgan fingerprint density at radius 1 is 1.14 bits per heavy atom. The minimum absolute atomic E-state index is 0.0889. The van der Waals surface area contributed by atoms with Crippen LogP contribution in [0.4, 0.5) is 29.1 Å². The zero-order chi connectivity index (χ0) is 27.2. The number of hydrogen-bond donors (Lipinski definition) is 3. The Morgan fingerprint density at radius 3 is 2.33 bits per heavy atom. The van der Waals surface area contributed by atoms with Crippen molar-refractivity contribution in [2.45, 2.75) is 20.5 Å². The Balaban J connectivity index is 0.00000222. The highest BCUT2D eigenvalue weighted by atomic mass is 19.4. The van der Waals surface area contributed by atoms with Crippen LogP contribution in [0.5, 0.6) is 5.75 Å². The first-order valence-electron chi connectivity index (χ1n) is 10.00. The molecule has 188 valence electrons. The molecule has 0 spiro atoms. The van der Waals surface area contributed by atoms with E-state index < -0.39 is 58.0 Å². The lowest BCUT2D eigenvalue weighted by molar-refractivity contribution is -0.113. The van der Waals surface area contributed by atoms with E-state index in [1.807, 2.05) is 13.8 Å². The second kappa shape index (κ2) is 11.5. The third-order valence-corrected chi connectivity index (χ3v) is 4.49. The Morgan fingerprint density at radius 2 is 1.78 bits per heavy atom. The summed E-state index contributed by atoms with van der Waals surface area (Å²) in [7, 11) is 0. The van der Waals surface area contributed by atoms with Crippen molar-refractivity contribution in [2.75, 3.05) is 10.6 Å². The molecule has 0 fully saturated rings. The Labute approximate surface area is 200 Å². The number of hydrogen-bond acceptors (Lipinski definition) is 6. The molecule has 1 aliphatic heterocycles. The molecule has 0 atom stereocenters. The molecule has 0 radical (unpaired) electrons. The van der Waals surface area contributed by atoms with Crippen LogP contribution < -0.4 is 21.1 Å². The Hall–Kier alpha value is -4.93. The normalized spacial score (nSPS) is 12.9. The number of nitrogens with two attached hydrogens (primary N) is 1. The van der Waals surface area contributed by atoms with Crippen LogP contribution in [0.1, 0.15) is 40.1 Å². The van der Waals surface area contributed by atoms with Gasteiger partial charge in [-0.1, -0.05) is 34.9 Å². The van der Waals surface area contributed by atoms with E-state index in [0.717, 1.165) is 0 Å². The molecule has 2 aromatic rings. The van der Waals surface area contributed by atoms with Crippen molar-refractivity contribution in [3.63, 3.8) is 0 Å². The van der Waals surface area contributed by atoms with E-state index in [1.165, 1.54) is 30.3 Å². The molecular formula is C22H17F4N5O5. The van der Waals surface area contributed by atoms with Crippen LogP contribution in [-0.4, -0.2) is 35.6 Å². The molecule has 4 N–H and O–H groups in total. The standard InChI is InChI=1S/C20H11F4N5O5.C2H6/c21-20(22)34-14-6-13-9(5-10(14)19(33)29(23)24)15(18(32)28-13)11(7-25)17(31)27-12-4-2-1-3-8(12)16(26)30;1-2/h1-6,20H,(H2,26,30)(H,27,31)(H,28,32);1-2H3/b15-11-;. The summed E-state index contributed by atoms with van der Waals surface area (Å²) in [6, 6.07) is 8.27. The lowest BCUT2D eigenvalue weighted by Crippen LogP contribution is -2.21. The van der Waals surface area contributed by atoms with E-state index >= 15 is 0 Å². The van der Waals surface area contributed by atoms with Gasteiger partial charge < -0.3 is 21.1 Å². The van der Waals surface area contributed by atoms with E-state index in [2.05, 4.69) is 15.4 Å². The van der Waals surface area contributed by atoms with Gasteiger partial charge in [-0.3, -0.25) is 19.2 Å². The first-order valence-corrected chi connectivity index (χ1v) is 10.00. The number of amides is 4. The number of carbonyl (C=O) groups is 4. The summed E-state index contributed by atoms with van der Waals surface area (Å²) in [5, 5.41) is 12.1. The molecule has 0 aliphatic carbocycles. The van der Waals surface area contributed by atoms with Crippen molar-refractivity contribution in [3.05, 3.63) is 58.7 Å². The van der Waals surface area contributed by atoms with Gasteiger partial charge in [-0.05, 0) is 18.2 Å². The van der Waals surface area contributed by atoms with Crippen LogP contribution in [0.25, 0.3) is 5.57 Å². The Kier molecular flexibility index (Phi) is 8.70. The van der Waals surface area contributed by atoms with Crippen LogP contribution in [0.3, 0.4) is 0 Å². The van der Waals surface area contributed by atoms with Gasteiger partial charge in [0.05, 0.1) is 28.1 Å². The first-order chi connectivity index (χ1) is 17.0. The highest BCUT2D eigenvalue weighted by Gasteiger charge is 2.34. The third kappa shape index (κ3) is 5.58. The van der Waals surface area contributed by atoms with Crippen LogP contribution in [-0.2, 0) is 9.59 Å². The molecule has 36 heavy (non-hydrogen) atoms. The number of benzene rings is 2. The molecule has 10 nitrogen and oxygen atoms in total. The predicted octanol–water partition coefficient (Wildman–Crippen LogP) is 3.49. The lowest BCUT2D eigenvalue weighted by atomic mass is 9.98. The van der Waals surface area contributed by atoms with Gasteiger partial charge in [-0.15, -0.1) is 0 Å². The maximum absolute atomic E-state index is 12.8. The van der Waals surface area contributed by atoms with Crippen LogP contribution >= 0.6 is 0 Å². The number of fused-ring (bicyclic) bond motifs is 1. The van der Waals surface area contributed by atoms with Gasteiger partial charge >= 0.3 is 12.5 Å². The van der Waals surface area contributed by atoms with E-state index in [9.17, 15) is 42.2 Å². The van der Waals surface area contributed by atoms with E-state index in [4.69, 9.17) is 5.73 Å². The van der Waals surface area contributed by atoms with Crippen LogP contribution in [0.15, 0.2) is 42.0 Å². The Bertz CT molecular complexity index is 1300. The number of alkyl halides is 2. The summed E-state index contributed by atoms with van der Waals surface area (Å²) in [4.78, 5) is 48.6. The van der Waals surface area contributed by atoms with E-state index in [1.54, 1.807) is 0 Å². The molecule has 0 unspecified atom stereocenters. The predicted molar refractivity (Wildman–Crippen MR) is 118 cm³/mol. The number of ether oxygens (including phenoxy) is 1. The maximum atomic E-state index is 12.8.